The zero-order chi connectivity index (χ0) is 37.5. The SMILES string of the molecule is c1ccc(-c2ccc3c(c2)c2cc(-c4ccccc4)ccc2n3-c2cccc3c2sc2c(-c4ccccc4)ccc(-c4ccc5sc6ccccc6c5c4)c23)cc1. The predicted molar refractivity (Wildman–Crippen MR) is 248 cm³/mol. The zero-order valence-corrected chi connectivity index (χ0v) is 32.4. The molecule has 0 saturated carbocycles. The van der Waals surface area contributed by atoms with E-state index in [0.29, 0.717) is 0 Å². The summed E-state index contributed by atoms with van der Waals surface area (Å²) in [6, 6.07) is 73.8. The number of hydrogen-bond acceptors (Lipinski definition) is 2. The third-order valence-corrected chi connectivity index (χ3v) is 14.0. The maximum absolute atomic E-state index is 2.51. The average molecular weight is 760 g/mol. The highest BCUT2D eigenvalue weighted by molar-refractivity contribution is 7.27. The van der Waals surface area contributed by atoms with E-state index in [1.807, 2.05) is 22.7 Å². The standard InChI is InChI=1S/C54H33NS2/c1-4-13-34(14-5-1)37-23-28-47-44(31-37)45-32-38(35-15-6-2-7-16-35)24-29-48(45)55(47)49-21-12-20-43-52-40(26-27-41(54(52)57-53(43)49)36-17-8-3-9-18-36)39-25-30-51-46(33-39)42-19-10-11-22-50(42)56-51/h1-33H. The molecule has 266 valence electrons. The molecule has 0 fully saturated rings. The van der Waals surface area contributed by atoms with Crippen molar-refractivity contribution in [3.8, 4) is 50.2 Å². The van der Waals surface area contributed by atoms with Crippen LogP contribution in [-0.2, 0) is 0 Å². The number of benzene rings is 9. The van der Waals surface area contributed by atoms with Gasteiger partial charge in [-0.3, -0.25) is 0 Å². The Kier molecular flexibility index (Phi) is 7.34. The van der Waals surface area contributed by atoms with E-state index in [0.717, 1.165) is 0 Å². The second-order valence-corrected chi connectivity index (χ2v) is 16.9. The van der Waals surface area contributed by atoms with Crippen molar-refractivity contribution in [3.05, 3.63) is 200 Å². The molecule has 1 nitrogen and oxygen atoms in total. The number of thiophene rings is 2. The van der Waals surface area contributed by atoms with Gasteiger partial charge in [0.2, 0.25) is 0 Å². The normalized spacial score (nSPS) is 11.9. The third kappa shape index (κ3) is 5.13. The molecule has 0 saturated heterocycles. The van der Waals surface area contributed by atoms with Gasteiger partial charge in [0, 0.05) is 46.4 Å². The summed E-state index contributed by atoms with van der Waals surface area (Å²) in [5.74, 6) is 0. The molecule has 0 radical (unpaired) electrons. The summed E-state index contributed by atoms with van der Waals surface area (Å²) in [5.41, 5.74) is 13.5. The monoisotopic (exact) mass is 759 g/mol. The van der Waals surface area contributed by atoms with E-state index in [1.165, 1.54) is 112 Å². The molecule has 0 amide bonds. The van der Waals surface area contributed by atoms with E-state index in [9.17, 15) is 0 Å². The molecular weight excluding hydrogens is 727 g/mol. The summed E-state index contributed by atoms with van der Waals surface area (Å²) in [4.78, 5) is 0. The average Bonchev–Trinajstić information content (AvgIpc) is 3.96. The van der Waals surface area contributed by atoms with E-state index in [-0.39, 0.29) is 0 Å². The quantitative estimate of drug-likeness (QED) is 0.165. The van der Waals surface area contributed by atoms with Crippen LogP contribution in [0.4, 0.5) is 0 Å². The molecule has 57 heavy (non-hydrogen) atoms. The molecule has 0 aliphatic rings. The van der Waals surface area contributed by atoms with Crippen LogP contribution in [-0.4, -0.2) is 4.57 Å². The molecule has 0 unspecified atom stereocenters. The fraction of sp³-hybridized carbons (Fsp3) is 0. The van der Waals surface area contributed by atoms with Gasteiger partial charge in [-0.1, -0.05) is 152 Å². The molecule has 3 aromatic heterocycles. The summed E-state index contributed by atoms with van der Waals surface area (Å²) in [6.07, 6.45) is 0. The maximum atomic E-state index is 2.51. The van der Waals surface area contributed by atoms with Gasteiger partial charge < -0.3 is 4.57 Å². The van der Waals surface area contributed by atoms with Gasteiger partial charge in [0.15, 0.2) is 0 Å². The first-order valence-corrected chi connectivity index (χ1v) is 21.0. The van der Waals surface area contributed by atoms with Gasteiger partial charge in [-0.15, -0.1) is 22.7 Å². The van der Waals surface area contributed by atoms with E-state index >= 15 is 0 Å². The first-order valence-electron chi connectivity index (χ1n) is 19.4. The Morgan fingerprint density at radius 2 is 0.842 bits per heavy atom. The van der Waals surface area contributed by atoms with E-state index < -0.39 is 0 Å². The lowest BCUT2D eigenvalue weighted by Gasteiger charge is -2.11. The maximum Gasteiger partial charge on any atom is 0.0640 e. The first-order chi connectivity index (χ1) is 28.3. The lowest BCUT2D eigenvalue weighted by atomic mass is 9.94. The minimum Gasteiger partial charge on any atom is -0.308 e. The molecule has 0 aliphatic carbocycles. The van der Waals surface area contributed by atoms with Crippen molar-refractivity contribution in [2.75, 3.05) is 0 Å². The Balaban J connectivity index is 1.15. The largest absolute Gasteiger partial charge is 0.308 e. The molecule has 0 aliphatic heterocycles. The van der Waals surface area contributed by atoms with Gasteiger partial charge in [0.1, 0.15) is 0 Å². The summed E-state index contributed by atoms with van der Waals surface area (Å²) >= 11 is 3.80. The van der Waals surface area contributed by atoms with Crippen LogP contribution in [0.2, 0.25) is 0 Å². The molecule has 0 spiro atoms. The van der Waals surface area contributed by atoms with Crippen molar-refractivity contribution in [1.29, 1.82) is 0 Å². The van der Waals surface area contributed by atoms with Crippen LogP contribution in [0, 0.1) is 0 Å². The summed E-state index contributed by atoms with van der Waals surface area (Å²) in [5, 5.41) is 7.76. The predicted octanol–water partition coefficient (Wildman–Crippen LogP) is 16.2. The van der Waals surface area contributed by atoms with Crippen LogP contribution >= 0.6 is 22.7 Å². The zero-order valence-electron chi connectivity index (χ0n) is 30.8. The first kappa shape index (κ1) is 32.5. The van der Waals surface area contributed by atoms with Crippen LogP contribution in [0.5, 0.6) is 0 Å². The Labute approximate surface area is 338 Å². The third-order valence-electron chi connectivity index (χ3n) is 11.6. The van der Waals surface area contributed by atoms with Gasteiger partial charge >= 0.3 is 0 Å². The Hall–Kier alpha value is -6.78. The molecule has 12 rings (SSSR count). The fourth-order valence-corrected chi connectivity index (χ4v) is 11.4. The highest BCUT2D eigenvalue weighted by Crippen LogP contribution is 2.49. The van der Waals surface area contributed by atoms with Crippen molar-refractivity contribution in [1.82, 2.24) is 4.57 Å². The molecule has 12 aromatic rings. The minimum absolute atomic E-state index is 1.21. The number of nitrogens with zero attached hydrogens (tertiary/aromatic N) is 1. The molecule has 9 aromatic carbocycles. The van der Waals surface area contributed by atoms with Gasteiger partial charge in [0.05, 0.1) is 21.4 Å². The van der Waals surface area contributed by atoms with Crippen LogP contribution in [0.3, 0.4) is 0 Å². The Morgan fingerprint density at radius 3 is 1.53 bits per heavy atom. The Morgan fingerprint density at radius 1 is 0.298 bits per heavy atom. The van der Waals surface area contributed by atoms with Crippen LogP contribution in [0.1, 0.15) is 0 Å². The Bertz CT molecular complexity index is 3400. The summed E-state index contributed by atoms with van der Waals surface area (Å²) in [7, 11) is 0. The minimum atomic E-state index is 1.21. The molecule has 3 heteroatoms. The molecular formula is C54H33NS2. The number of fused-ring (bicyclic) bond motifs is 9. The summed E-state index contributed by atoms with van der Waals surface area (Å²) < 4.78 is 7.77. The molecule has 0 bridgehead atoms. The molecule has 0 N–H and O–H groups in total. The van der Waals surface area contributed by atoms with Crippen LogP contribution in [0.15, 0.2) is 200 Å². The van der Waals surface area contributed by atoms with Crippen LogP contribution in [0.25, 0.3) is 112 Å². The second-order valence-electron chi connectivity index (χ2n) is 14.8. The van der Waals surface area contributed by atoms with Crippen molar-refractivity contribution in [2.45, 2.75) is 0 Å². The molecule has 3 heterocycles. The fourth-order valence-electron chi connectivity index (χ4n) is 8.95. The van der Waals surface area contributed by atoms with Gasteiger partial charge in [-0.25, -0.2) is 0 Å². The smallest absolute Gasteiger partial charge is 0.0640 e. The van der Waals surface area contributed by atoms with E-state index in [1.54, 1.807) is 0 Å². The summed E-state index contributed by atoms with van der Waals surface area (Å²) in [6.45, 7) is 0. The molecule has 0 atom stereocenters. The highest BCUT2D eigenvalue weighted by atomic mass is 32.1. The lowest BCUT2D eigenvalue weighted by Crippen LogP contribution is -1.94. The lowest BCUT2D eigenvalue weighted by molar-refractivity contribution is 1.20. The van der Waals surface area contributed by atoms with Crippen LogP contribution < -0.4 is 0 Å². The van der Waals surface area contributed by atoms with Crippen molar-refractivity contribution < 1.29 is 0 Å². The van der Waals surface area contributed by atoms with Gasteiger partial charge in [-0.05, 0) is 93.0 Å². The van der Waals surface area contributed by atoms with Gasteiger partial charge in [-0.2, -0.15) is 0 Å². The number of hydrogen-bond donors (Lipinski definition) is 0. The number of aromatic nitrogens is 1. The van der Waals surface area contributed by atoms with Crippen molar-refractivity contribution in [3.63, 3.8) is 0 Å². The van der Waals surface area contributed by atoms with E-state index in [4.69, 9.17) is 0 Å². The second kappa shape index (κ2) is 12.9. The van der Waals surface area contributed by atoms with Crippen molar-refractivity contribution in [2.24, 2.45) is 0 Å². The van der Waals surface area contributed by atoms with Crippen molar-refractivity contribution >= 4 is 84.8 Å². The highest BCUT2D eigenvalue weighted by Gasteiger charge is 2.21. The topological polar surface area (TPSA) is 4.93 Å². The van der Waals surface area contributed by atoms with Gasteiger partial charge in [0.25, 0.3) is 0 Å². The number of rotatable bonds is 5. The van der Waals surface area contributed by atoms with E-state index in [2.05, 4.69) is 205 Å².